The molecule has 1 amide bonds. The van der Waals surface area contributed by atoms with E-state index in [0.717, 1.165) is 0 Å². The number of carbonyl (C=O) groups excluding carboxylic acids is 1. The number of amides is 1. The summed E-state index contributed by atoms with van der Waals surface area (Å²) in [6.45, 7) is 3.57. The fraction of sp³-hybridized carbons (Fsp3) is 0.300. The minimum Gasteiger partial charge on any atom is -0.326 e. The Morgan fingerprint density at radius 1 is 1.50 bits per heavy atom. The summed E-state index contributed by atoms with van der Waals surface area (Å²) in [5.74, 6) is -0.219. The van der Waals surface area contributed by atoms with E-state index in [4.69, 9.17) is 0 Å². The van der Waals surface area contributed by atoms with Crippen molar-refractivity contribution >= 4 is 30.6 Å². The molecule has 84 valence electrons. The van der Waals surface area contributed by atoms with E-state index in [0.29, 0.717) is 11.2 Å². The van der Waals surface area contributed by atoms with Crippen LogP contribution in [0.15, 0.2) is 18.2 Å². The molecule has 16 heavy (non-hydrogen) atoms. The van der Waals surface area contributed by atoms with Crippen molar-refractivity contribution in [1.29, 1.82) is 0 Å². The normalized spacial score (nSPS) is 10.2. The van der Waals surface area contributed by atoms with Crippen molar-refractivity contribution in [3.05, 3.63) is 28.3 Å². The minimum atomic E-state index is -0.441. The number of rotatable bonds is 3. The van der Waals surface area contributed by atoms with Gasteiger partial charge in [0.2, 0.25) is 5.91 Å². The van der Waals surface area contributed by atoms with Crippen molar-refractivity contribution in [2.75, 3.05) is 5.32 Å². The van der Waals surface area contributed by atoms with E-state index in [1.54, 1.807) is 27.8 Å². The first-order chi connectivity index (χ1) is 7.41. The van der Waals surface area contributed by atoms with E-state index in [1.165, 1.54) is 12.1 Å². The summed E-state index contributed by atoms with van der Waals surface area (Å²) in [4.78, 5) is 21.5. The third kappa shape index (κ3) is 2.82. The molecule has 0 aliphatic rings. The molecule has 0 spiro atoms. The molecule has 0 aliphatic heterocycles. The molecule has 1 N–H and O–H groups in total. The Morgan fingerprint density at radius 3 is 2.56 bits per heavy atom. The van der Waals surface area contributed by atoms with Gasteiger partial charge in [0.15, 0.2) is 0 Å². The number of nitrogens with zero attached hydrogens (tertiary/aromatic N) is 1. The highest BCUT2D eigenvalue weighted by molar-refractivity contribution is 6.35. The molecular weight excluding hydrogens is 207 g/mol. The number of benzene rings is 1. The first-order valence-corrected chi connectivity index (χ1v) is 4.97. The summed E-state index contributed by atoms with van der Waals surface area (Å²) in [7, 11) is 1.64. The van der Waals surface area contributed by atoms with Gasteiger partial charge in [-0.15, -0.1) is 0 Å². The van der Waals surface area contributed by atoms with Crippen molar-refractivity contribution in [1.82, 2.24) is 0 Å². The van der Waals surface area contributed by atoms with Gasteiger partial charge >= 0.3 is 0 Å². The third-order valence-corrected chi connectivity index (χ3v) is 2.19. The third-order valence-electron chi connectivity index (χ3n) is 2.19. The highest BCUT2D eigenvalue weighted by Crippen LogP contribution is 2.13. The fourth-order valence-electron chi connectivity index (χ4n) is 1.22. The topological polar surface area (TPSA) is 72.2 Å². The first kappa shape index (κ1) is 12.2. The lowest BCUT2D eigenvalue weighted by Crippen LogP contribution is -2.19. The van der Waals surface area contributed by atoms with Crippen LogP contribution in [-0.4, -0.2) is 18.7 Å². The standard InChI is InChI=1S/C10H13BN2O3/c1-6(2)10(14)12-7-3-4-9(13(15)16)8(11)5-7/h3-6H,11H2,1-2H3,(H,12,14). The van der Waals surface area contributed by atoms with Gasteiger partial charge in [0.1, 0.15) is 7.85 Å². The zero-order chi connectivity index (χ0) is 12.3. The number of nitrogens with one attached hydrogen (secondary N) is 1. The molecule has 1 aromatic rings. The Morgan fingerprint density at radius 2 is 2.12 bits per heavy atom. The predicted molar refractivity (Wildman–Crippen MR) is 64.7 cm³/mol. The SMILES string of the molecule is Bc1cc(NC(=O)C(C)C)ccc1[N+](=O)[O-]. The number of carbonyl (C=O) groups is 1. The molecule has 0 saturated carbocycles. The fourth-order valence-corrected chi connectivity index (χ4v) is 1.22. The zero-order valence-electron chi connectivity index (χ0n) is 9.48. The molecule has 1 aromatic carbocycles. The average Bonchev–Trinajstić information content (AvgIpc) is 2.16. The van der Waals surface area contributed by atoms with Crippen LogP contribution < -0.4 is 10.8 Å². The molecule has 5 nitrogen and oxygen atoms in total. The lowest BCUT2D eigenvalue weighted by atomic mass is 9.93. The Kier molecular flexibility index (Phi) is 3.66. The van der Waals surface area contributed by atoms with Crippen LogP contribution in [0.25, 0.3) is 0 Å². The van der Waals surface area contributed by atoms with Crippen LogP contribution in [0.1, 0.15) is 13.8 Å². The van der Waals surface area contributed by atoms with E-state index in [1.807, 2.05) is 0 Å². The van der Waals surface area contributed by atoms with Crippen LogP contribution in [0.4, 0.5) is 11.4 Å². The van der Waals surface area contributed by atoms with Crippen LogP contribution in [0.5, 0.6) is 0 Å². The van der Waals surface area contributed by atoms with Crippen LogP contribution in [0.3, 0.4) is 0 Å². The second-order valence-electron chi connectivity index (χ2n) is 3.90. The lowest BCUT2D eigenvalue weighted by Gasteiger charge is -2.08. The number of nitro benzene ring substituents is 1. The Balaban J connectivity index is 2.90. The Labute approximate surface area is 94.4 Å². The molecule has 6 heteroatoms. The van der Waals surface area contributed by atoms with Gasteiger partial charge in [-0.3, -0.25) is 14.9 Å². The summed E-state index contributed by atoms with van der Waals surface area (Å²) in [5.41, 5.74) is 1.18. The molecule has 0 atom stereocenters. The van der Waals surface area contributed by atoms with Gasteiger partial charge in [0.05, 0.1) is 4.92 Å². The largest absolute Gasteiger partial charge is 0.326 e. The summed E-state index contributed by atoms with van der Waals surface area (Å²) in [6, 6.07) is 4.52. The first-order valence-electron chi connectivity index (χ1n) is 4.97. The maximum atomic E-state index is 11.4. The van der Waals surface area contributed by atoms with Crippen LogP contribution in [0.2, 0.25) is 0 Å². The van der Waals surface area contributed by atoms with Crippen molar-refractivity contribution in [2.45, 2.75) is 13.8 Å². The summed E-state index contributed by atoms with van der Waals surface area (Å²) in [5, 5.41) is 13.3. The summed E-state index contributed by atoms with van der Waals surface area (Å²) < 4.78 is 0. The second-order valence-corrected chi connectivity index (χ2v) is 3.90. The molecule has 0 fully saturated rings. The molecule has 0 radical (unpaired) electrons. The molecule has 0 heterocycles. The lowest BCUT2D eigenvalue weighted by molar-refractivity contribution is -0.383. The van der Waals surface area contributed by atoms with E-state index < -0.39 is 4.92 Å². The van der Waals surface area contributed by atoms with Crippen molar-refractivity contribution in [3.63, 3.8) is 0 Å². The zero-order valence-corrected chi connectivity index (χ0v) is 9.48. The van der Waals surface area contributed by atoms with Gasteiger partial charge < -0.3 is 5.32 Å². The van der Waals surface area contributed by atoms with Gasteiger partial charge in [-0.25, -0.2) is 0 Å². The number of nitro groups is 1. The quantitative estimate of drug-likeness (QED) is 0.456. The molecule has 0 aromatic heterocycles. The van der Waals surface area contributed by atoms with Gasteiger partial charge in [-0.1, -0.05) is 13.8 Å². The van der Waals surface area contributed by atoms with Gasteiger partial charge in [0.25, 0.3) is 5.69 Å². The molecule has 1 rings (SSSR count). The summed E-state index contributed by atoms with van der Waals surface area (Å²) >= 11 is 0. The number of anilines is 1. The maximum Gasteiger partial charge on any atom is 0.263 e. The maximum absolute atomic E-state index is 11.4. The number of hydrogen-bond donors (Lipinski definition) is 1. The van der Waals surface area contributed by atoms with Crippen molar-refractivity contribution in [3.8, 4) is 0 Å². The predicted octanol–water partition coefficient (Wildman–Crippen LogP) is 0.448. The smallest absolute Gasteiger partial charge is 0.263 e. The molecular formula is C10H13BN2O3. The monoisotopic (exact) mass is 220 g/mol. The van der Waals surface area contributed by atoms with Gasteiger partial charge in [-0.05, 0) is 17.6 Å². The van der Waals surface area contributed by atoms with Crippen LogP contribution in [-0.2, 0) is 4.79 Å². The van der Waals surface area contributed by atoms with Gasteiger partial charge in [-0.2, -0.15) is 0 Å². The molecule has 0 unspecified atom stereocenters. The minimum absolute atomic E-state index is 0.0579. The van der Waals surface area contributed by atoms with E-state index in [9.17, 15) is 14.9 Å². The van der Waals surface area contributed by atoms with Crippen molar-refractivity contribution < 1.29 is 9.72 Å². The van der Waals surface area contributed by atoms with Crippen molar-refractivity contribution in [2.24, 2.45) is 5.92 Å². The van der Waals surface area contributed by atoms with Crippen LogP contribution >= 0.6 is 0 Å². The van der Waals surface area contributed by atoms with E-state index in [2.05, 4.69) is 5.32 Å². The highest BCUT2D eigenvalue weighted by Gasteiger charge is 2.12. The number of hydrogen-bond acceptors (Lipinski definition) is 3. The van der Waals surface area contributed by atoms with E-state index >= 15 is 0 Å². The molecule has 0 saturated heterocycles. The Hall–Kier alpha value is -1.85. The molecule has 0 aliphatic carbocycles. The van der Waals surface area contributed by atoms with Crippen LogP contribution in [0, 0.1) is 16.0 Å². The average molecular weight is 220 g/mol. The second kappa shape index (κ2) is 4.78. The molecule has 0 bridgehead atoms. The Bertz CT molecular complexity index is 432. The summed E-state index contributed by atoms with van der Waals surface area (Å²) in [6.07, 6.45) is 0. The van der Waals surface area contributed by atoms with E-state index in [-0.39, 0.29) is 17.5 Å². The van der Waals surface area contributed by atoms with Gasteiger partial charge in [0, 0.05) is 17.7 Å². The highest BCUT2D eigenvalue weighted by atomic mass is 16.6.